The molecule has 0 aromatic heterocycles. The van der Waals surface area contributed by atoms with Gasteiger partial charge in [0.05, 0.1) is 24.4 Å². The van der Waals surface area contributed by atoms with Crippen molar-refractivity contribution in [1.29, 1.82) is 0 Å². The largest absolute Gasteiger partial charge is 0.495 e. The van der Waals surface area contributed by atoms with Gasteiger partial charge in [0.1, 0.15) is 18.1 Å². The first kappa shape index (κ1) is 26.3. The van der Waals surface area contributed by atoms with E-state index in [2.05, 4.69) is 4.90 Å². The molecule has 2 aromatic carbocycles. The maximum atomic E-state index is 12.9. The van der Waals surface area contributed by atoms with Crippen LogP contribution in [0, 0.1) is 6.92 Å². The van der Waals surface area contributed by atoms with Crippen LogP contribution in [0.4, 0.5) is 11.4 Å². The fraction of sp³-hybridized carbons (Fsp3) is 0.440. The molecule has 8 heteroatoms. The molecule has 1 heterocycles. The number of aryl methyl sites for hydroxylation is 1. The Morgan fingerprint density at radius 3 is 2.42 bits per heavy atom. The maximum Gasteiger partial charge on any atom is 0.242 e. The van der Waals surface area contributed by atoms with Crippen molar-refractivity contribution in [3.63, 3.8) is 0 Å². The molecule has 0 aliphatic carbocycles. The van der Waals surface area contributed by atoms with E-state index in [0.717, 1.165) is 30.0 Å². The van der Waals surface area contributed by atoms with Gasteiger partial charge < -0.3 is 24.2 Å². The van der Waals surface area contributed by atoms with Crippen molar-refractivity contribution in [2.45, 2.75) is 20.8 Å². The number of ether oxygens (including phenoxy) is 2. The molecule has 0 unspecified atom stereocenters. The van der Waals surface area contributed by atoms with Crippen molar-refractivity contribution in [3.8, 4) is 11.5 Å². The van der Waals surface area contributed by atoms with Crippen molar-refractivity contribution in [1.82, 2.24) is 4.90 Å². The number of hydrogen-bond acceptors (Lipinski definition) is 6. The fourth-order valence-electron chi connectivity index (χ4n) is 3.62. The van der Waals surface area contributed by atoms with Crippen LogP contribution < -0.4 is 19.3 Å². The first-order chi connectivity index (χ1) is 15.9. The van der Waals surface area contributed by atoms with Crippen LogP contribution in [0.2, 0.25) is 5.02 Å². The summed E-state index contributed by atoms with van der Waals surface area (Å²) < 4.78 is 10.8. The van der Waals surface area contributed by atoms with E-state index < -0.39 is 0 Å². The van der Waals surface area contributed by atoms with Crippen LogP contribution in [0.3, 0.4) is 0 Å². The van der Waals surface area contributed by atoms with Crippen molar-refractivity contribution < 1.29 is 19.1 Å². The number of carbonyl (C=O) groups is 2. The van der Waals surface area contributed by atoms with Gasteiger partial charge in [-0.25, -0.2) is 0 Å². The quantitative estimate of drug-likeness (QED) is 0.537. The highest BCUT2D eigenvalue weighted by Gasteiger charge is 2.23. The minimum atomic E-state index is -0.0182. The average molecular weight is 476 g/mol. The number of hydrogen-bond donors (Lipinski definition) is 0. The lowest BCUT2D eigenvalue weighted by molar-refractivity contribution is -0.130. The summed E-state index contributed by atoms with van der Waals surface area (Å²) in [5, 5.41) is 0.579. The minimum Gasteiger partial charge on any atom is -0.495 e. The van der Waals surface area contributed by atoms with Crippen LogP contribution in [-0.4, -0.2) is 70.6 Å². The Morgan fingerprint density at radius 1 is 1.09 bits per heavy atom. The van der Waals surface area contributed by atoms with Gasteiger partial charge in [0.25, 0.3) is 0 Å². The van der Waals surface area contributed by atoms with Gasteiger partial charge in [0, 0.05) is 45.0 Å². The van der Waals surface area contributed by atoms with Crippen LogP contribution in [0.25, 0.3) is 0 Å². The summed E-state index contributed by atoms with van der Waals surface area (Å²) in [6, 6.07) is 11.5. The Kier molecular flexibility index (Phi) is 10.3. The van der Waals surface area contributed by atoms with Gasteiger partial charge in [-0.1, -0.05) is 31.5 Å². The topological polar surface area (TPSA) is 62.3 Å². The Bertz CT molecular complexity index is 930. The third-order valence-corrected chi connectivity index (χ3v) is 5.65. The molecule has 7 nitrogen and oxygen atoms in total. The number of carbonyl (C=O) groups excluding carboxylic acids is 2. The van der Waals surface area contributed by atoms with Crippen LogP contribution in [0.5, 0.6) is 11.5 Å². The Labute approximate surface area is 201 Å². The average Bonchev–Trinajstić information content (AvgIpc) is 2.84. The predicted octanol–water partition coefficient (Wildman–Crippen LogP) is 4.05. The first-order valence-corrected chi connectivity index (χ1v) is 11.5. The minimum absolute atomic E-state index is 0.0182. The zero-order valence-corrected chi connectivity index (χ0v) is 20.9. The molecule has 1 aliphatic heterocycles. The lowest BCUT2D eigenvalue weighted by Gasteiger charge is -2.37. The highest BCUT2D eigenvalue weighted by molar-refractivity contribution is 6.32. The predicted molar refractivity (Wildman–Crippen MR) is 134 cm³/mol. The number of nitrogens with zero attached hydrogens (tertiary/aromatic N) is 3. The molecule has 3 rings (SSSR count). The summed E-state index contributed by atoms with van der Waals surface area (Å²) in [7, 11) is 3.45. The smallest absolute Gasteiger partial charge is 0.242 e. The molecule has 180 valence electrons. The lowest BCUT2D eigenvalue weighted by atomic mass is 10.2. The van der Waals surface area contributed by atoms with E-state index in [1.54, 1.807) is 7.11 Å². The van der Waals surface area contributed by atoms with Crippen molar-refractivity contribution >= 4 is 35.2 Å². The third-order valence-electron chi connectivity index (χ3n) is 5.34. The zero-order chi connectivity index (χ0) is 24.4. The number of amides is 1. The number of benzene rings is 2. The van der Waals surface area contributed by atoms with E-state index in [9.17, 15) is 9.59 Å². The molecule has 0 bridgehead atoms. The monoisotopic (exact) mass is 475 g/mol. The molecule has 0 spiro atoms. The van der Waals surface area contributed by atoms with E-state index in [0.29, 0.717) is 35.9 Å². The summed E-state index contributed by atoms with van der Waals surface area (Å²) in [5.74, 6) is 1.30. The molecule has 33 heavy (non-hydrogen) atoms. The van der Waals surface area contributed by atoms with E-state index in [1.165, 1.54) is 0 Å². The van der Waals surface area contributed by atoms with Gasteiger partial charge in [0.15, 0.2) is 6.29 Å². The van der Waals surface area contributed by atoms with Crippen LogP contribution in [0.15, 0.2) is 36.4 Å². The molecule has 1 amide bonds. The second-order valence-electron chi connectivity index (χ2n) is 7.49. The third kappa shape index (κ3) is 7.02. The molecule has 1 aliphatic rings. The second-order valence-corrected chi connectivity index (χ2v) is 7.90. The summed E-state index contributed by atoms with van der Waals surface area (Å²) in [6.07, 6.45) is 0.715. The number of piperazine rings is 1. The number of methoxy groups -OCH3 is 1. The molecule has 1 fully saturated rings. The molecular formula is C25H34ClN3O4. The number of anilines is 2. The van der Waals surface area contributed by atoms with Crippen LogP contribution >= 0.6 is 11.6 Å². The van der Waals surface area contributed by atoms with E-state index >= 15 is 0 Å². The summed E-state index contributed by atoms with van der Waals surface area (Å²) in [6.45, 7) is 8.92. The normalized spacial score (nSPS) is 13.0. The maximum absolute atomic E-state index is 12.9. The SMILES string of the molecule is CC.COc1cc(N2CCN(C(=O)CN(C)c3ccc(C)cc3OCC=O)CC2)ccc1Cl. The van der Waals surface area contributed by atoms with E-state index in [1.807, 2.05) is 74.0 Å². The van der Waals surface area contributed by atoms with Gasteiger partial charge in [0.2, 0.25) is 5.91 Å². The van der Waals surface area contributed by atoms with Gasteiger partial charge >= 0.3 is 0 Å². The Morgan fingerprint density at radius 2 is 1.79 bits per heavy atom. The molecule has 0 N–H and O–H groups in total. The molecule has 0 saturated carbocycles. The van der Waals surface area contributed by atoms with Crippen LogP contribution in [-0.2, 0) is 9.59 Å². The number of likely N-dealkylation sites (N-methyl/N-ethyl adjacent to an activating group) is 1. The summed E-state index contributed by atoms with van der Waals surface area (Å²) >= 11 is 6.12. The number of halogens is 1. The molecular weight excluding hydrogens is 442 g/mol. The number of aldehydes is 1. The summed E-state index contributed by atoms with van der Waals surface area (Å²) in [4.78, 5) is 29.5. The molecule has 0 atom stereocenters. The first-order valence-electron chi connectivity index (χ1n) is 11.2. The molecule has 0 radical (unpaired) electrons. The van der Waals surface area contributed by atoms with Crippen molar-refractivity contribution in [3.05, 3.63) is 47.0 Å². The molecule has 1 saturated heterocycles. The van der Waals surface area contributed by atoms with E-state index in [4.69, 9.17) is 21.1 Å². The van der Waals surface area contributed by atoms with Gasteiger partial charge in [-0.15, -0.1) is 0 Å². The van der Waals surface area contributed by atoms with Gasteiger partial charge in [-0.2, -0.15) is 0 Å². The van der Waals surface area contributed by atoms with Crippen molar-refractivity contribution in [2.75, 3.05) is 63.3 Å². The van der Waals surface area contributed by atoms with Crippen LogP contribution in [0.1, 0.15) is 19.4 Å². The number of rotatable bonds is 8. The van der Waals surface area contributed by atoms with E-state index in [-0.39, 0.29) is 19.1 Å². The fourth-order valence-corrected chi connectivity index (χ4v) is 3.82. The Hall–Kier alpha value is -2.93. The molecule has 2 aromatic rings. The standard InChI is InChI=1S/C23H28ClN3O4.C2H6/c1-17-4-7-20(22(14-17)31-13-12-28)25(2)16-23(29)27-10-8-26(9-11-27)18-5-6-19(24)21(15-18)30-3;1-2/h4-7,12,14-15H,8-11,13,16H2,1-3H3;1-2H3. The van der Waals surface area contributed by atoms with Gasteiger partial charge in [-0.3, -0.25) is 9.59 Å². The highest BCUT2D eigenvalue weighted by Crippen LogP contribution is 2.30. The zero-order valence-electron chi connectivity index (χ0n) is 20.1. The van der Waals surface area contributed by atoms with Crippen molar-refractivity contribution in [2.24, 2.45) is 0 Å². The highest BCUT2D eigenvalue weighted by atomic mass is 35.5. The summed E-state index contributed by atoms with van der Waals surface area (Å²) in [5.41, 5.74) is 2.84. The second kappa shape index (κ2) is 12.9. The Balaban J connectivity index is 0.00000187. The lowest BCUT2D eigenvalue weighted by Crippen LogP contribution is -2.51. The van der Waals surface area contributed by atoms with Gasteiger partial charge in [-0.05, 0) is 36.8 Å².